The van der Waals surface area contributed by atoms with Gasteiger partial charge in [-0.15, -0.1) is 0 Å². The zero-order valence-corrected chi connectivity index (χ0v) is 10.6. The molecule has 0 saturated heterocycles. The lowest BCUT2D eigenvalue weighted by molar-refractivity contribution is 0.407. The molecule has 17 heavy (non-hydrogen) atoms. The molecule has 0 fully saturated rings. The summed E-state index contributed by atoms with van der Waals surface area (Å²) in [5.74, 6) is 1.68. The van der Waals surface area contributed by atoms with Crippen LogP contribution in [0, 0.1) is 13.8 Å². The van der Waals surface area contributed by atoms with Gasteiger partial charge in [-0.3, -0.25) is 0 Å². The van der Waals surface area contributed by atoms with Crippen LogP contribution in [0.15, 0.2) is 16.7 Å². The average Bonchev–Trinajstić information content (AvgIpc) is 2.71. The summed E-state index contributed by atoms with van der Waals surface area (Å²) in [6, 6.07) is 3.49. The molecular formula is C12H13ClN2O2. The van der Waals surface area contributed by atoms with Crippen LogP contribution in [0.2, 0.25) is 5.02 Å². The number of anilines is 1. The van der Waals surface area contributed by atoms with Gasteiger partial charge in [-0.1, -0.05) is 16.8 Å². The van der Waals surface area contributed by atoms with E-state index in [1.807, 2.05) is 19.9 Å². The molecule has 0 aliphatic carbocycles. The molecule has 0 amide bonds. The molecule has 0 unspecified atom stereocenters. The number of rotatable bonds is 2. The second kappa shape index (κ2) is 4.30. The van der Waals surface area contributed by atoms with Crippen molar-refractivity contribution in [3.63, 3.8) is 0 Å². The molecular weight excluding hydrogens is 240 g/mol. The highest BCUT2D eigenvalue weighted by Gasteiger charge is 2.16. The fourth-order valence-corrected chi connectivity index (χ4v) is 2.03. The van der Waals surface area contributed by atoms with E-state index in [4.69, 9.17) is 26.6 Å². The van der Waals surface area contributed by atoms with Crippen LogP contribution in [-0.2, 0) is 0 Å². The number of nitrogens with two attached hydrogens (primary N) is 1. The van der Waals surface area contributed by atoms with E-state index in [2.05, 4.69) is 5.16 Å². The minimum atomic E-state index is 0.343. The molecule has 0 aliphatic rings. The van der Waals surface area contributed by atoms with Crippen LogP contribution >= 0.6 is 11.6 Å². The van der Waals surface area contributed by atoms with E-state index in [1.54, 1.807) is 13.2 Å². The second-order valence-corrected chi connectivity index (χ2v) is 4.21. The molecule has 0 spiro atoms. The number of aromatic nitrogens is 1. The van der Waals surface area contributed by atoms with E-state index < -0.39 is 0 Å². The van der Waals surface area contributed by atoms with E-state index in [9.17, 15) is 0 Å². The number of nitrogens with zero attached hydrogens (tertiary/aromatic N) is 1. The first-order valence-electron chi connectivity index (χ1n) is 5.11. The Hall–Kier alpha value is -1.68. The Morgan fingerprint density at radius 3 is 2.53 bits per heavy atom. The SMILES string of the molecule is COc1c(C)c(Cl)cc(-c2cc(N)no2)c1C. The molecule has 5 heteroatoms. The molecule has 2 rings (SSSR count). The van der Waals surface area contributed by atoms with Crippen molar-refractivity contribution in [2.45, 2.75) is 13.8 Å². The molecule has 1 aromatic heterocycles. The number of hydrogen-bond donors (Lipinski definition) is 1. The third kappa shape index (κ3) is 1.96. The van der Waals surface area contributed by atoms with Gasteiger partial charge in [-0.05, 0) is 19.9 Å². The lowest BCUT2D eigenvalue weighted by atomic mass is 10.0. The summed E-state index contributed by atoms with van der Waals surface area (Å²) < 4.78 is 10.5. The maximum absolute atomic E-state index is 6.15. The largest absolute Gasteiger partial charge is 0.496 e. The summed E-state index contributed by atoms with van der Waals surface area (Å²) in [7, 11) is 1.62. The Morgan fingerprint density at radius 1 is 1.29 bits per heavy atom. The summed E-state index contributed by atoms with van der Waals surface area (Å²) in [5, 5.41) is 4.28. The maximum Gasteiger partial charge on any atom is 0.169 e. The quantitative estimate of drug-likeness (QED) is 0.892. The zero-order valence-electron chi connectivity index (χ0n) is 9.87. The van der Waals surface area contributed by atoms with Crippen LogP contribution in [0.1, 0.15) is 11.1 Å². The monoisotopic (exact) mass is 252 g/mol. The molecule has 0 bridgehead atoms. The van der Waals surface area contributed by atoms with E-state index in [0.29, 0.717) is 16.6 Å². The highest BCUT2D eigenvalue weighted by molar-refractivity contribution is 6.32. The van der Waals surface area contributed by atoms with Gasteiger partial charge in [0.15, 0.2) is 11.6 Å². The summed E-state index contributed by atoms with van der Waals surface area (Å²) in [6.07, 6.45) is 0. The molecule has 0 radical (unpaired) electrons. The second-order valence-electron chi connectivity index (χ2n) is 3.81. The Balaban J connectivity index is 2.67. The van der Waals surface area contributed by atoms with Gasteiger partial charge in [0.25, 0.3) is 0 Å². The van der Waals surface area contributed by atoms with Crippen molar-refractivity contribution in [3.8, 4) is 17.1 Å². The summed E-state index contributed by atoms with van der Waals surface area (Å²) in [5.41, 5.74) is 8.23. The van der Waals surface area contributed by atoms with Crippen LogP contribution in [0.3, 0.4) is 0 Å². The number of ether oxygens (including phenoxy) is 1. The third-order valence-electron chi connectivity index (χ3n) is 2.71. The molecule has 90 valence electrons. The van der Waals surface area contributed by atoms with E-state index in [0.717, 1.165) is 22.4 Å². The first-order chi connectivity index (χ1) is 8.04. The topological polar surface area (TPSA) is 61.3 Å². The fourth-order valence-electron chi connectivity index (χ4n) is 1.83. The number of halogens is 1. The van der Waals surface area contributed by atoms with Crippen molar-refractivity contribution in [1.82, 2.24) is 5.16 Å². The number of nitrogen functional groups attached to an aromatic ring is 1. The minimum absolute atomic E-state index is 0.343. The summed E-state index contributed by atoms with van der Waals surface area (Å²) >= 11 is 6.15. The van der Waals surface area contributed by atoms with Crippen molar-refractivity contribution in [3.05, 3.63) is 28.3 Å². The van der Waals surface area contributed by atoms with E-state index >= 15 is 0 Å². The lowest BCUT2D eigenvalue weighted by Crippen LogP contribution is -1.94. The highest BCUT2D eigenvalue weighted by Crippen LogP contribution is 2.37. The lowest BCUT2D eigenvalue weighted by Gasteiger charge is -2.13. The van der Waals surface area contributed by atoms with Gasteiger partial charge in [0.2, 0.25) is 0 Å². The number of hydrogen-bond acceptors (Lipinski definition) is 4. The van der Waals surface area contributed by atoms with Gasteiger partial charge in [0.1, 0.15) is 5.75 Å². The molecule has 0 aliphatic heterocycles. The predicted molar refractivity (Wildman–Crippen MR) is 67.4 cm³/mol. The minimum Gasteiger partial charge on any atom is -0.496 e. The number of methoxy groups -OCH3 is 1. The third-order valence-corrected chi connectivity index (χ3v) is 3.11. The van der Waals surface area contributed by atoms with Gasteiger partial charge < -0.3 is 15.0 Å². The predicted octanol–water partition coefficient (Wildman–Crippen LogP) is 3.20. The van der Waals surface area contributed by atoms with Crippen LogP contribution in [-0.4, -0.2) is 12.3 Å². The summed E-state index contributed by atoms with van der Waals surface area (Å²) in [6.45, 7) is 3.85. The Labute approximate surface area is 104 Å². The molecule has 2 N–H and O–H groups in total. The van der Waals surface area contributed by atoms with Crippen molar-refractivity contribution < 1.29 is 9.26 Å². The molecule has 1 heterocycles. The smallest absolute Gasteiger partial charge is 0.169 e. The molecule has 4 nitrogen and oxygen atoms in total. The highest BCUT2D eigenvalue weighted by atomic mass is 35.5. The first kappa shape index (κ1) is 11.8. The zero-order chi connectivity index (χ0) is 12.6. The Kier molecular flexibility index (Phi) is 2.98. The first-order valence-corrected chi connectivity index (χ1v) is 5.48. The maximum atomic E-state index is 6.15. The van der Waals surface area contributed by atoms with Crippen molar-refractivity contribution in [2.24, 2.45) is 0 Å². The van der Waals surface area contributed by atoms with Crippen LogP contribution in [0.5, 0.6) is 5.75 Å². The van der Waals surface area contributed by atoms with Crippen LogP contribution in [0.4, 0.5) is 5.82 Å². The standard InChI is InChI=1S/C12H13ClN2O2/c1-6-8(10-5-11(14)15-17-10)4-9(13)7(2)12(6)16-3/h4-5H,1-3H3,(H2,14,15). The van der Waals surface area contributed by atoms with Crippen molar-refractivity contribution in [1.29, 1.82) is 0 Å². The van der Waals surface area contributed by atoms with Gasteiger partial charge in [0, 0.05) is 27.8 Å². The molecule has 0 atom stereocenters. The van der Waals surface area contributed by atoms with Gasteiger partial charge in [0.05, 0.1) is 7.11 Å². The average molecular weight is 253 g/mol. The van der Waals surface area contributed by atoms with Gasteiger partial charge >= 0.3 is 0 Å². The Bertz CT molecular complexity index is 564. The fraction of sp³-hybridized carbons (Fsp3) is 0.250. The van der Waals surface area contributed by atoms with Crippen LogP contribution in [0.25, 0.3) is 11.3 Å². The molecule has 2 aromatic rings. The van der Waals surface area contributed by atoms with E-state index in [1.165, 1.54) is 0 Å². The summed E-state index contributed by atoms with van der Waals surface area (Å²) in [4.78, 5) is 0. The Morgan fingerprint density at radius 2 is 2.00 bits per heavy atom. The van der Waals surface area contributed by atoms with E-state index in [-0.39, 0.29) is 0 Å². The van der Waals surface area contributed by atoms with Crippen molar-refractivity contribution in [2.75, 3.05) is 12.8 Å². The van der Waals surface area contributed by atoms with Crippen molar-refractivity contribution >= 4 is 17.4 Å². The molecule has 0 saturated carbocycles. The molecule has 1 aromatic carbocycles. The van der Waals surface area contributed by atoms with Gasteiger partial charge in [-0.25, -0.2) is 0 Å². The van der Waals surface area contributed by atoms with Crippen LogP contribution < -0.4 is 10.5 Å². The normalized spacial score (nSPS) is 10.6. The van der Waals surface area contributed by atoms with Gasteiger partial charge in [-0.2, -0.15) is 0 Å². The number of benzene rings is 1.